The molecular weight excluding hydrogens is 274 g/mol. The van der Waals surface area contributed by atoms with E-state index in [2.05, 4.69) is 13.8 Å². The molecule has 0 radical (unpaired) electrons. The van der Waals surface area contributed by atoms with Gasteiger partial charge in [-0.3, -0.25) is 0 Å². The quantitative estimate of drug-likeness (QED) is 0.733. The van der Waals surface area contributed by atoms with Crippen LogP contribution >= 0.6 is 11.6 Å². The molecule has 0 saturated carbocycles. The van der Waals surface area contributed by atoms with E-state index in [4.69, 9.17) is 22.1 Å². The first-order valence-electron chi connectivity index (χ1n) is 7.39. The van der Waals surface area contributed by atoms with E-state index in [9.17, 15) is 5.11 Å². The summed E-state index contributed by atoms with van der Waals surface area (Å²) < 4.78 is 5.82. The fourth-order valence-corrected chi connectivity index (χ4v) is 2.52. The maximum absolute atomic E-state index is 9.35. The molecule has 0 aliphatic carbocycles. The minimum Gasteiger partial charge on any atom is -0.493 e. The average Bonchev–Trinajstić information content (AvgIpc) is 2.47. The Morgan fingerprint density at radius 1 is 1.35 bits per heavy atom. The maximum atomic E-state index is 9.35. The fourth-order valence-electron chi connectivity index (χ4n) is 2.34. The highest BCUT2D eigenvalue weighted by Crippen LogP contribution is 2.35. The van der Waals surface area contributed by atoms with E-state index in [0.717, 1.165) is 35.6 Å². The summed E-state index contributed by atoms with van der Waals surface area (Å²) in [5.41, 5.74) is 6.82. The van der Waals surface area contributed by atoms with Crippen LogP contribution in [0.4, 0.5) is 0 Å². The Morgan fingerprint density at radius 3 is 2.65 bits per heavy atom. The van der Waals surface area contributed by atoms with Crippen molar-refractivity contribution in [3.8, 4) is 5.75 Å². The van der Waals surface area contributed by atoms with Crippen LogP contribution in [0, 0.1) is 5.92 Å². The number of halogens is 1. The monoisotopic (exact) mass is 299 g/mol. The van der Waals surface area contributed by atoms with Crippen molar-refractivity contribution in [1.29, 1.82) is 0 Å². The Bertz CT molecular complexity index is 394. The predicted octanol–water partition coefficient (Wildman–Crippen LogP) is 3.58. The molecule has 1 aromatic carbocycles. The van der Waals surface area contributed by atoms with Gasteiger partial charge in [-0.2, -0.15) is 0 Å². The zero-order valence-corrected chi connectivity index (χ0v) is 13.2. The van der Waals surface area contributed by atoms with Gasteiger partial charge in [0.05, 0.1) is 6.61 Å². The molecule has 1 rings (SSSR count). The molecule has 0 saturated heterocycles. The van der Waals surface area contributed by atoms with E-state index in [1.165, 1.54) is 0 Å². The molecule has 4 heteroatoms. The lowest BCUT2D eigenvalue weighted by Crippen LogP contribution is -2.21. The first kappa shape index (κ1) is 17.3. The molecule has 0 heterocycles. The summed E-state index contributed by atoms with van der Waals surface area (Å²) >= 11 is 6.13. The molecule has 0 spiro atoms. The molecule has 3 N–H and O–H groups in total. The minimum atomic E-state index is 0.123. The van der Waals surface area contributed by atoms with Crippen molar-refractivity contribution in [2.24, 2.45) is 11.7 Å². The number of hydrogen-bond acceptors (Lipinski definition) is 3. The van der Waals surface area contributed by atoms with Crippen LogP contribution in [0.3, 0.4) is 0 Å². The minimum absolute atomic E-state index is 0.123. The molecule has 3 nitrogen and oxygen atoms in total. The molecule has 2 unspecified atom stereocenters. The second kappa shape index (κ2) is 9.22. The second-order valence-electron chi connectivity index (χ2n) is 5.16. The standard InChI is InChI=1S/C16H26ClNO2/c1-3-7-20-16-6-5-14(17)9-15(16)13(4-2)8-12(10-18)11-19/h5-6,9,12-13,19H,3-4,7-8,10-11,18H2,1-2H3. The zero-order valence-electron chi connectivity index (χ0n) is 12.4. The molecule has 0 aliphatic heterocycles. The van der Waals surface area contributed by atoms with Crippen molar-refractivity contribution in [3.63, 3.8) is 0 Å². The van der Waals surface area contributed by atoms with Gasteiger partial charge < -0.3 is 15.6 Å². The van der Waals surface area contributed by atoms with Crippen LogP contribution in [0.2, 0.25) is 5.02 Å². The Balaban J connectivity index is 2.96. The largest absolute Gasteiger partial charge is 0.493 e. The fraction of sp³-hybridized carbons (Fsp3) is 0.625. The average molecular weight is 300 g/mol. The van der Waals surface area contributed by atoms with Crippen LogP contribution in [0.25, 0.3) is 0 Å². The van der Waals surface area contributed by atoms with E-state index >= 15 is 0 Å². The van der Waals surface area contributed by atoms with Gasteiger partial charge in [-0.15, -0.1) is 0 Å². The highest BCUT2D eigenvalue weighted by molar-refractivity contribution is 6.30. The van der Waals surface area contributed by atoms with Crippen molar-refractivity contribution < 1.29 is 9.84 Å². The normalized spacial score (nSPS) is 14.1. The summed E-state index contributed by atoms with van der Waals surface area (Å²) in [5.74, 6) is 1.33. The third-order valence-electron chi connectivity index (χ3n) is 3.58. The number of nitrogens with two attached hydrogens (primary N) is 1. The SMILES string of the molecule is CCCOc1ccc(Cl)cc1C(CC)CC(CN)CO. The van der Waals surface area contributed by atoms with Crippen LogP contribution in [-0.4, -0.2) is 24.9 Å². The molecule has 0 fully saturated rings. The molecular formula is C16H26ClNO2. The number of benzene rings is 1. The Labute approximate surface area is 127 Å². The number of rotatable bonds is 9. The first-order chi connectivity index (χ1) is 9.65. The van der Waals surface area contributed by atoms with Crippen LogP contribution in [0.5, 0.6) is 5.75 Å². The summed E-state index contributed by atoms with van der Waals surface area (Å²) in [7, 11) is 0. The van der Waals surface area contributed by atoms with Crippen molar-refractivity contribution in [1.82, 2.24) is 0 Å². The zero-order chi connectivity index (χ0) is 15.0. The summed E-state index contributed by atoms with van der Waals surface area (Å²) in [6.45, 7) is 5.55. The summed E-state index contributed by atoms with van der Waals surface area (Å²) in [6, 6.07) is 5.77. The van der Waals surface area contributed by atoms with Crippen molar-refractivity contribution in [3.05, 3.63) is 28.8 Å². The van der Waals surface area contributed by atoms with Crippen LogP contribution in [0.1, 0.15) is 44.6 Å². The maximum Gasteiger partial charge on any atom is 0.122 e. The molecule has 114 valence electrons. The number of hydrogen-bond donors (Lipinski definition) is 2. The third-order valence-corrected chi connectivity index (χ3v) is 3.81. The van der Waals surface area contributed by atoms with E-state index in [0.29, 0.717) is 19.1 Å². The number of ether oxygens (including phenoxy) is 1. The van der Waals surface area contributed by atoms with Gasteiger partial charge >= 0.3 is 0 Å². The first-order valence-corrected chi connectivity index (χ1v) is 7.77. The van der Waals surface area contributed by atoms with Crippen LogP contribution in [-0.2, 0) is 0 Å². The van der Waals surface area contributed by atoms with Crippen LogP contribution in [0.15, 0.2) is 18.2 Å². The lowest BCUT2D eigenvalue weighted by atomic mass is 9.86. The number of aliphatic hydroxyl groups is 1. The molecule has 1 aromatic rings. The van der Waals surface area contributed by atoms with E-state index < -0.39 is 0 Å². The van der Waals surface area contributed by atoms with Crippen molar-refractivity contribution >= 4 is 11.6 Å². The molecule has 20 heavy (non-hydrogen) atoms. The Hall–Kier alpha value is -0.770. The smallest absolute Gasteiger partial charge is 0.122 e. The van der Waals surface area contributed by atoms with E-state index in [1.807, 2.05) is 18.2 Å². The molecule has 0 bridgehead atoms. The van der Waals surface area contributed by atoms with Gasteiger partial charge in [0.25, 0.3) is 0 Å². The van der Waals surface area contributed by atoms with E-state index in [-0.39, 0.29) is 12.5 Å². The second-order valence-corrected chi connectivity index (χ2v) is 5.59. The number of aliphatic hydroxyl groups excluding tert-OH is 1. The van der Waals surface area contributed by atoms with Gasteiger partial charge in [0.2, 0.25) is 0 Å². The van der Waals surface area contributed by atoms with Crippen molar-refractivity contribution in [2.45, 2.75) is 39.0 Å². The third kappa shape index (κ3) is 4.97. The summed E-state index contributed by atoms with van der Waals surface area (Å²) in [6.07, 6.45) is 2.80. The molecule has 0 aliphatic rings. The molecule has 0 amide bonds. The highest BCUT2D eigenvalue weighted by Gasteiger charge is 2.19. The molecule has 2 atom stereocenters. The topological polar surface area (TPSA) is 55.5 Å². The van der Waals surface area contributed by atoms with Gasteiger partial charge in [-0.25, -0.2) is 0 Å². The molecule has 0 aromatic heterocycles. The lowest BCUT2D eigenvalue weighted by Gasteiger charge is -2.23. The van der Waals surface area contributed by atoms with Crippen molar-refractivity contribution in [2.75, 3.05) is 19.8 Å². The Kier molecular flexibility index (Phi) is 7.97. The highest BCUT2D eigenvalue weighted by atomic mass is 35.5. The van der Waals surface area contributed by atoms with Gasteiger partial charge in [-0.1, -0.05) is 25.4 Å². The van der Waals surface area contributed by atoms with Crippen LogP contribution < -0.4 is 10.5 Å². The van der Waals surface area contributed by atoms with Gasteiger partial charge in [0.1, 0.15) is 5.75 Å². The summed E-state index contributed by atoms with van der Waals surface area (Å²) in [5, 5.41) is 10.1. The van der Waals surface area contributed by atoms with Gasteiger partial charge in [0.15, 0.2) is 0 Å². The van der Waals surface area contributed by atoms with Gasteiger partial charge in [-0.05, 0) is 61.4 Å². The van der Waals surface area contributed by atoms with Gasteiger partial charge in [0, 0.05) is 11.6 Å². The Morgan fingerprint density at radius 2 is 2.10 bits per heavy atom. The van der Waals surface area contributed by atoms with E-state index in [1.54, 1.807) is 0 Å². The predicted molar refractivity (Wildman–Crippen MR) is 84.5 cm³/mol. The summed E-state index contributed by atoms with van der Waals surface area (Å²) in [4.78, 5) is 0. The lowest BCUT2D eigenvalue weighted by molar-refractivity contribution is 0.213.